The lowest BCUT2D eigenvalue weighted by Crippen LogP contribution is -2.01. The van der Waals surface area contributed by atoms with Crippen LogP contribution in [0.1, 0.15) is 20.8 Å². The zero-order chi connectivity index (χ0) is 11.7. The van der Waals surface area contributed by atoms with Gasteiger partial charge in [0.05, 0.1) is 12.7 Å². The Labute approximate surface area is 84.8 Å². The van der Waals surface area contributed by atoms with E-state index in [0.717, 1.165) is 6.08 Å². The van der Waals surface area contributed by atoms with Crippen LogP contribution in [0.5, 0.6) is 0 Å². The van der Waals surface area contributed by atoms with E-state index in [-0.39, 0.29) is 11.3 Å². The van der Waals surface area contributed by atoms with E-state index in [0.29, 0.717) is 5.57 Å². The lowest BCUT2D eigenvalue weighted by molar-refractivity contribution is 0.181. The van der Waals surface area contributed by atoms with E-state index >= 15 is 0 Å². The van der Waals surface area contributed by atoms with Crippen molar-refractivity contribution in [3.05, 3.63) is 36.1 Å². The van der Waals surface area contributed by atoms with Gasteiger partial charge in [-0.3, -0.25) is 0 Å². The molecule has 1 nitrogen and oxygen atoms in total. The molecule has 0 aliphatic rings. The van der Waals surface area contributed by atoms with E-state index < -0.39 is 6.43 Å². The molecule has 0 aromatic heterocycles. The summed E-state index contributed by atoms with van der Waals surface area (Å²) in [6, 6.07) is 0. The quantitative estimate of drug-likeness (QED) is 0.498. The number of rotatable bonds is 4. The molecule has 0 unspecified atom stereocenters. The van der Waals surface area contributed by atoms with Gasteiger partial charge in [0.25, 0.3) is 6.43 Å². The van der Waals surface area contributed by atoms with E-state index in [1.165, 1.54) is 7.11 Å². The molecule has 0 saturated carbocycles. The molecule has 0 aliphatic heterocycles. The van der Waals surface area contributed by atoms with Gasteiger partial charge in [0.15, 0.2) is 0 Å². The molecule has 3 heteroatoms. The Kier molecular flexibility index (Phi) is 9.30. The lowest BCUT2D eigenvalue weighted by Gasteiger charge is -2.09. The molecule has 0 spiro atoms. The molecular weight excluding hydrogens is 186 g/mol. The van der Waals surface area contributed by atoms with Gasteiger partial charge in [-0.25, -0.2) is 8.78 Å². The van der Waals surface area contributed by atoms with E-state index in [1.807, 2.05) is 13.8 Å². The molecule has 14 heavy (non-hydrogen) atoms. The first-order valence-corrected chi connectivity index (χ1v) is 4.39. The van der Waals surface area contributed by atoms with Crippen LogP contribution in [-0.4, -0.2) is 13.5 Å². The van der Waals surface area contributed by atoms with E-state index in [2.05, 4.69) is 13.2 Å². The predicted molar refractivity (Wildman–Crippen MR) is 56.4 cm³/mol. The number of alkyl halides is 2. The van der Waals surface area contributed by atoms with E-state index in [1.54, 1.807) is 6.92 Å². The highest BCUT2D eigenvalue weighted by atomic mass is 19.3. The molecule has 0 aromatic rings. The first-order valence-electron chi connectivity index (χ1n) is 4.39. The third-order valence-electron chi connectivity index (χ3n) is 1.31. The Morgan fingerprint density at radius 2 is 1.79 bits per heavy atom. The van der Waals surface area contributed by atoms with Crippen LogP contribution in [0, 0.1) is 0 Å². The second-order valence-corrected chi connectivity index (χ2v) is 2.27. The minimum absolute atomic E-state index is 0.111. The first-order chi connectivity index (χ1) is 6.54. The summed E-state index contributed by atoms with van der Waals surface area (Å²) in [5, 5.41) is 0. The maximum atomic E-state index is 12.2. The highest BCUT2D eigenvalue weighted by Gasteiger charge is 2.14. The average Bonchev–Trinajstić information content (AvgIpc) is 2.15. The molecule has 0 saturated heterocycles. The Bertz CT molecular complexity index is 217. The minimum atomic E-state index is -2.57. The van der Waals surface area contributed by atoms with Crippen molar-refractivity contribution in [1.29, 1.82) is 0 Å². The monoisotopic (exact) mass is 204 g/mol. The van der Waals surface area contributed by atoms with Gasteiger partial charge < -0.3 is 4.74 Å². The number of allylic oxidation sites excluding steroid dienone is 3. The van der Waals surface area contributed by atoms with Crippen molar-refractivity contribution in [1.82, 2.24) is 0 Å². The summed E-state index contributed by atoms with van der Waals surface area (Å²) in [5.74, 6) is 0.111. The van der Waals surface area contributed by atoms with Crippen LogP contribution in [0.15, 0.2) is 36.1 Å². The summed E-state index contributed by atoms with van der Waals surface area (Å²) in [7, 11) is 1.33. The minimum Gasteiger partial charge on any atom is -0.496 e. The van der Waals surface area contributed by atoms with Crippen LogP contribution in [0.4, 0.5) is 8.78 Å². The van der Waals surface area contributed by atoms with Crippen molar-refractivity contribution in [2.45, 2.75) is 27.2 Å². The molecule has 82 valence electrons. The number of ether oxygens (including phenoxy) is 1. The Hall–Kier alpha value is -1.12. The molecule has 0 aromatic carbocycles. The summed E-state index contributed by atoms with van der Waals surface area (Å²) in [4.78, 5) is 0. The van der Waals surface area contributed by atoms with Crippen molar-refractivity contribution in [3.8, 4) is 0 Å². The fourth-order valence-electron chi connectivity index (χ4n) is 0.819. The van der Waals surface area contributed by atoms with Crippen LogP contribution in [0.3, 0.4) is 0 Å². The van der Waals surface area contributed by atoms with Crippen molar-refractivity contribution in [3.63, 3.8) is 0 Å². The summed E-state index contributed by atoms with van der Waals surface area (Å²) in [6.45, 7) is 12.4. The van der Waals surface area contributed by atoms with Crippen LogP contribution in [0.25, 0.3) is 0 Å². The predicted octanol–water partition coefficient (Wildman–Crippen LogP) is 3.94. The van der Waals surface area contributed by atoms with Gasteiger partial charge in [-0.05, 0) is 12.5 Å². The second-order valence-electron chi connectivity index (χ2n) is 2.27. The molecule has 0 bridgehead atoms. The smallest absolute Gasteiger partial charge is 0.267 e. The molecule has 0 amide bonds. The third-order valence-corrected chi connectivity index (χ3v) is 1.31. The summed E-state index contributed by atoms with van der Waals surface area (Å²) in [6.07, 6.45) is -1.49. The fraction of sp³-hybridized carbons (Fsp3) is 0.455. The zero-order valence-electron chi connectivity index (χ0n) is 9.23. The number of halogens is 2. The van der Waals surface area contributed by atoms with Gasteiger partial charge in [0.1, 0.15) is 5.76 Å². The molecule has 0 aliphatic carbocycles. The largest absolute Gasteiger partial charge is 0.496 e. The van der Waals surface area contributed by atoms with Gasteiger partial charge in [-0.15, -0.1) is 0 Å². The van der Waals surface area contributed by atoms with Gasteiger partial charge in [-0.1, -0.05) is 33.1 Å². The van der Waals surface area contributed by atoms with Gasteiger partial charge >= 0.3 is 0 Å². The normalized spacial score (nSPS) is 11.1. The molecule has 0 N–H and O–H groups in total. The summed E-state index contributed by atoms with van der Waals surface area (Å²) < 4.78 is 29.2. The second kappa shape index (κ2) is 8.48. The Morgan fingerprint density at radius 1 is 1.36 bits per heavy atom. The highest BCUT2D eigenvalue weighted by Crippen LogP contribution is 2.20. The van der Waals surface area contributed by atoms with Crippen LogP contribution in [-0.2, 0) is 4.74 Å². The lowest BCUT2D eigenvalue weighted by atomic mass is 10.1. The van der Waals surface area contributed by atoms with E-state index in [9.17, 15) is 8.78 Å². The van der Waals surface area contributed by atoms with Crippen LogP contribution >= 0.6 is 0 Å². The molecular formula is C11H18F2O. The summed E-state index contributed by atoms with van der Waals surface area (Å²) >= 11 is 0. The maximum absolute atomic E-state index is 12.2. The maximum Gasteiger partial charge on any atom is 0.267 e. The van der Waals surface area contributed by atoms with Crippen molar-refractivity contribution >= 4 is 0 Å². The molecule has 0 rings (SSSR count). The average molecular weight is 204 g/mol. The fourth-order valence-corrected chi connectivity index (χ4v) is 0.819. The number of hydrogen-bond donors (Lipinski definition) is 0. The number of hydrogen-bond acceptors (Lipinski definition) is 1. The van der Waals surface area contributed by atoms with E-state index in [4.69, 9.17) is 4.74 Å². The molecule has 0 atom stereocenters. The third kappa shape index (κ3) is 4.80. The van der Waals surface area contributed by atoms with Gasteiger partial charge in [0, 0.05) is 0 Å². The Balaban J connectivity index is 0. The van der Waals surface area contributed by atoms with Crippen molar-refractivity contribution in [2.24, 2.45) is 0 Å². The Morgan fingerprint density at radius 3 is 1.86 bits per heavy atom. The van der Waals surface area contributed by atoms with Gasteiger partial charge in [-0.2, -0.15) is 0 Å². The number of methoxy groups -OCH3 is 1. The molecule has 0 radical (unpaired) electrons. The van der Waals surface area contributed by atoms with Crippen LogP contribution in [0.2, 0.25) is 0 Å². The van der Waals surface area contributed by atoms with Crippen LogP contribution < -0.4 is 0 Å². The van der Waals surface area contributed by atoms with Crippen molar-refractivity contribution in [2.75, 3.05) is 7.11 Å². The summed E-state index contributed by atoms with van der Waals surface area (Å²) in [5.41, 5.74) is 0.248. The molecule has 0 fully saturated rings. The SMILES string of the molecule is C=C/C(=C(/OC)C(=C)C)C(F)F.CC. The zero-order valence-corrected chi connectivity index (χ0v) is 9.23. The molecule has 0 heterocycles. The van der Waals surface area contributed by atoms with Gasteiger partial charge in [0.2, 0.25) is 0 Å². The highest BCUT2D eigenvalue weighted by molar-refractivity contribution is 5.33. The standard InChI is InChI=1S/C9H12F2O.C2H6/c1-5-7(9(10)11)8(12-4)6(2)3;1-2/h5,9H,1-2H2,3-4H3;1-2H3/b8-7-;. The van der Waals surface area contributed by atoms with Crippen molar-refractivity contribution < 1.29 is 13.5 Å². The first kappa shape index (κ1) is 15.4. The topological polar surface area (TPSA) is 9.23 Å².